The smallest absolute Gasteiger partial charge is 0.251 e. The van der Waals surface area contributed by atoms with Crippen LogP contribution < -0.4 is 15.0 Å². The molecule has 172 valence electrons. The molecule has 9 heteroatoms. The highest BCUT2D eigenvalue weighted by Gasteiger charge is 2.25. The van der Waals surface area contributed by atoms with E-state index in [1.165, 1.54) is 16.8 Å². The van der Waals surface area contributed by atoms with Crippen LogP contribution in [0.15, 0.2) is 48.5 Å². The normalized spacial score (nSPS) is 13.6. The molecule has 1 aliphatic carbocycles. The third-order valence-electron chi connectivity index (χ3n) is 5.74. The largest absolute Gasteiger partial charge is 0.495 e. The minimum absolute atomic E-state index is 0.116. The molecule has 1 aliphatic rings. The van der Waals surface area contributed by atoms with Crippen molar-refractivity contribution < 1.29 is 14.3 Å². The summed E-state index contributed by atoms with van der Waals surface area (Å²) in [5, 5.41) is 15.5. The van der Waals surface area contributed by atoms with Gasteiger partial charge in [0.1, 0.15) is 18.8 Å². The van der Waals surface area contributed by atoms with Crippen molar-refractivity contribution in [3.8, 4) is 17.1 Å². The van der Waals surface area contributed by atoms with Gasteiger partial charge in [-0.1, -0.05) is 54.8 Å². The van der Waals surface area contributed by atoms with E-state index in [9.17, 15) is 9.59 Å². The number of ether oxygens (including phenoxy) is 1. The molecule has 1 aromatic heterocycles. The molecule has 3 aromatic rings. The lowest BCUT2D eigenvalue weighted by Gasteiger charge is -2.24. The number of carbonyl (C=O) groups is 2. The Morgan fingerprint density at radius 1 is 1.12 bits per heavy atom. The lowest BCUT2D eigenvalue weighted by atomic mass is 10.1. The van der Waals surface area contributed by atoms with E-state index in [0.717, 1.165) is 36.8 Å². The van der Waals surface area contributed by atoms with Gasteiger partial charge >= 0.3 is 0 Å². The highest BCUT2D eigenvalue weighted by atomic mass is 16.5. The van der Waals surface area contributed by atoms with Gasteiger partial charge in [-0.25, -0.2) is 0 Å². The Morgan fingerprint density at radius 2 is 1.85 bits per heavy atom. The number of carbonyl (C=O) groups excluding carboxylic acids is 2. The van der Waals surface area contributed by atoms with Crippen LogP contribution in [0.2, 0.25) is 0 Å². The van der Waals surface area contributed by atoms with E-state index in [1.54, 1.807) is 18.2 Å². The van der Waals surface area contributed by atoms with Crippen molar-refractivity contribution in [2.45, 2.75) is 45.2 Å². The van der Waals surface area contributed by atoms with Gasteiger partial charge in [0, 0.05) is 11.6 Å². The number of aromatic nitrogens is 4. The summed E-state index contributed by atoms with van der Waals surface area (Å²) in [5.41, 5.74) is 2.46. The SMILES string of the molecule is COc1ccccc1N(CC(=O)NC1CCCC1)C(=O)Cn1nnc(-c2ccc(C)cc2)n1. The Bertz CT molecular complexity index is 1110. The van der Waals surface area contributed by atoms with E-state index in [2.05, 4.69) is 20.7 Å². The molecule has 0 saturated heterocycles. The second-order valence-corrected chi connectivity index (χ2v) is 8.21. The average molecular weight is 449 g/mol. The summed E-state index contributed by atoms with van der Waals surface area (Å²) in [7, 11) is 1.53. The van der Waals surface area contributed by atoms with Crippen LogP contribution in [-0.4, -0.2) is 51.7 Å². The highest BCUT2D eigenvalue weighted by Crippen LogP contribution is 2.28. The standard InChI is InChI=1S/C24H28N6O3/c1-17-11-13-18(14-12-17)24-26-28-30(27-24)16-23(32)29(20-9-5-6-10-21(20)33-2)15-22(31)25-19-7-3-4-8-19/h5-6,9-14,19H,3-4,7-8,15-16H2,1-2H3,(H,25,31). The Kier molecular flexibility index (Phi) is 6.97. The number of benzene rings is 2. The number of para-hydroxylation sites is 2. The number of methoxy groups -OCH3 is 1. The van der Waals surface area contributed by atoms with Gasteiger partial charge in [0.2, 0.25) is 11.7 Å². The zero-order valence-electron chi connectivity index (χ0n) is 18.9. The molecular formula is C24H28N6O3. The first kappa shape index (κ1) is 22.4. The van der Waals surface area contributed by atoms with E-state index < -0.39 is 0 Å². The van der Waals surface area contributed by atoms with Crippen molar-refractivity contribution in [2.24, 2.45) is 0 Å². The van der Waals surface area contributed by atoms with Gasteiger partial charge < -0.3 is 10.1 Å². The number of hydrogen-bond donors (Lipinski definition) is 1. The maximum atomic E-state index is 13.3. The van der Waals surface area contributed by atoms with Crippen LogP contribution in [0.1, 0.15) is 31.2 Å². The summed E-state index contributed by atoms with van der Waals surface area (Å²) in [4.78, 5) is 28.7. The summed E-state index contributed by atoms with van der Waals surface area (Å²) in [6.07, 6.45) is 4.17. The highest BCUT2D eigenvalue weighted by molar-refractivity contribution is 5.99. The topological polar surface area (TPSA) is 102 Å². The number of anilines is 1. The van der Waals surface area contributed by atoms with E-state index in [1.807, 2.05) is 37.3 Å². The predicted molar refractivity (Wildman–Crippen MR) is 124 cm³/mol. The molecule has 9 nitrogen and oxygen atoms in total. The van der Waals surface area contributed by atoms with Crippen molar-refractivity contribution in [3.63, 3.8) is 0 Å². The first-order valence-corrected chi connectivity index (χ1v) is 11.1. The maximum absolute atomic E-state index is 13.3. The Morgan fingerprint density at radius 3 is 2.58 bits per heavy atom. The van der Waals surface area contributed by atoms with Crippen LogP contribution >= 0.6 is 0 Å². The first-order chi connectivity index (χ1) is 16.0. The quantitative estimate of drug-likeness (QED) is 0.569. The summed E-state index contributed by atoms with van der Waals surface area (Å²) in [5.74, 6) is 0.402. The second-order valence-electron chi connectivity index (χ2n) is 8.21. The Balaban J connectivity index is 1.52. The third-order valence-corrected chi connectivity index (χ3v) is 5.74. The number of nitrogens with one attached hydrogen (secondary N) is 1. The van der Waals surface area contributed by atoms with Gasteiger partial charge in [-0.15, -0.1) is 10.2 Å². The molecule has 1 saturated carbocycles. The molecule has 0 spiro atoms. The lowest BCUT2D eigenvalue weighted by molar-refractivity contribution is -0.124. The van der Waals surface area contributed by atoms with Crippen LogP contribution in [0.4, 0.5) is 5.69 Å². The van der Waals surface area contributed by atoms with E-state index >= 15 is 0 Å². The molecule has 4 rings (SSSR count). The van der Waals surface area contributed by atoms with Gasteiger partial charge in [0.15, 0.2) is 0 Å². The van der Waals surface area contributed by atoms with Gasteiger partial charge in [-0.05, 0) is 37.1 Å². The molecule has 1 fully saturated rings. The van der Waals surface area contributed by atoms with Crippen LogP contribution in [0.25, 0.3) is 11.4 Å². The maximum Gasteiger partial charge on any atom is 0.251 e. The lowest BCUT2D eigenvalue weighted by Crippen LogP contribution is -2.45. The monoisotopic (exact) mass is 448 g/mol. The molecule has 0 radical (unpaired) electrons. The number of hydrogen-bond acceptors (Lipinski definition) is 6. The molecule has 0 bridgehead atoms. The van der Waals surface area contributed by atoms with Crippen LogP contribution in [-0.2, 0) is 16.1 Å². The third kappa shape index (κ3) is 5.54. The molecular weight excluding hydrogens is 420 g/mol. The molecule has 33 heavy (non-hydrogen) atoms. The zero-order chi connectivity index (χ0) is 23.2. The molecule has 0 atom stereocenters. The van der Waals surface area contributed by atoms with Crippen molar-refractivity contribution >= 4 is 17.5 Å². The van der Waals surface area contributed by atoms with Crippen LogP contribution in [0.3, 0.4) is 0 Å². The van der Waals surface area contributed by atoms with Gasteiger partial charge in [0.05, 0.1) is 12.8 Å². The van der Waals surface area contributed by atoms with E-state index in [4.69, 9.17) is 4.74 Å². The summed E-state index contributed by atoms with van der Waals surface area (Å²) >= 11 is 0. The Hall–Kier alpha value is -3.75. The van der Waals surface area contributed by atoms with Gasteiger partial charge in [-0.3, -0.25) is 14.5 Å². The summed E-state index contributed by atoms with van der Waals surface area (Å²) < 4.78 is 5.44. The predicted octanol–water partition coefficient (Wildman–Crippen LogP) is 2.75. The van der Waals surface area contributed by atoms with Gasteiger partial charge in [-0.2, -0.15) is 4.80 Å². The molecule has 1 heterocycles. The first-order valence-electron chi connectivity index (χ1n) is 11.1. The van der Waals surface area contributed by atoms with Crippen molar-refractivity contribution in [1.29, 1.82) is 0 Å². The molecule has 2 amide bonds. The van der Waals surface area contributed by atoms with Gasteiger partial charge in [0.25, 0.3) is 5.91 Å². The fraction of sp³-hybridized carbons (Fsp3) is 0.375. The average Bonchev–Trinajstić information content (AvgIpc) is 3.50. The molecule has 2 aromatic carbocycles. The number of aryl methyl sites for hydroxylation is 1. The minimum Gasteiger partial charge on any atom is -0.495 e. The number of nitrogens with zero attached hydrogens (tertiary/aromatic N) is 5. The van der Waals surface area contributed by atoms with Crippen molar-refractivity contribution in [2.75, 3.05) is 18.6 Å². The second kappa shape index (κ2) is 10.2. The summed E-state index contributed by atoms with van der Waals surface area (Å²) in [6.45, 7) is 1.73. The van der Waals surface area contributed by atoms with Crippen LogP contribution in [0.5, 0.6) is 5.75 Å². The molecule has 0 aliphatic heterocycles. The molecule has 0 unspecified atom stereocenters. The number of tetrazole rings is 1. The number of amides is 2. The van der Waals surface area contributed by atoms with Crippen LogP contribution in [0, 0.1) is 6.92 Å². The number of rotatable bonds is 8. The van der Waals surface area contributed by atoms with Crippen molar-refractivity contribution in [3.05, 3.63) is 54.1 Å². The summed E-state index contributed by atoms with van der Waals surface area (Å²) in [6, 6.07) is 15.1. The fourth-order valence-electron chi connectivity index (χ4n) is 3.98. The van der Waals surface area contributed by atoms with E-state index in [0.29, 0.717) is 17.3 Å². The van der Waals surface area contributed by atoms with Crippen molar-refractivity contribution in [1.82, 2.24) is 25.5 Å². The van der Waals surface area contributed by atoms with E-state index in [-0.39, 0.29) is 30.9 Å². The molecule has 1 N–H and O–H groups in total. The Labute approximate surface area is 192 Å². The zero-order valence-corrected chi connectivity index (χ0v) is 18.9. The fourth-order valence-corrected chi connectivity index (χ4v) is 3.98. The minimum atomic E-state index is -0.339.